The first-order chi connectivity index (χ1) is 10.3. The lowest BCUT2D eigenvalue weighted by molar-refractivity contribution is 0.307. The molecule has 116 valence electrons. The lowest BCUT2D eigenvalue weighted by atomic mass is 9.92. The molecule has 3 rings (SSSR count). The van der Waals surface area contributed by atoms with E-state index in [0.29, 0.717) is 0 Å². The summed E-state index contributed by atoms with van der Waals surface area (Å²) in [5.74, 6) is 4.46. The van der Waals surface area contributed by atoms with Gasteiger partial charge in [0.1, 0.15) is 0 Å². The zero-order valence-corrected chi connectivity index (χ0v) is 13.9. The minimum Gasteiger partial charge on any atom is -0.316 e. The van der Waals surface area contributed by atoms with E-state index >= 15 is 0 Å². The largest absolute Gasteiger partial charge is 0.316 e. The molecule has 2 aliphatic heterocycles. The van der Waals surface area contributed by atoms with Gasteiger partial charge in [0.2, 0.25) is 0 Å². The molecule has 0 bridgehead atoms. The number of hydrogen-bond donors (Lipinski definition) is 1. The van der Waals surface area contributed by atoms with Gasteiger partial charge in [-0.05, 0) is 36.6 Å². The van der Waals surface area contributed by atoms with Crippen LogP contribution < -0.4 is 5.32 Å². The first-order valence-corrected chi connectivity index (χ1v) is 9.02. The van der Waals surface area contributed by atoms with Crippen molar-refractivity contribution in [2.24, 2.45) is 11.8 Å². The second-order valence-electron chi connectivity index (χ2n) is 5.96. The standard InChI is InChI=1S/C16H24N2S.C2H4/c1-17-16-7-14-9-18(10-15(14)11-19-12-16)8-13-5-3-2-4-6-13;1-2/h2-6,14-17H,7-12H2,1H3;1-2H2/t14-,15+,16+;/m0./s1. The van der Waals surface area contributed by atoms with Crippen molar-refractivity contribution in [2.75, 3.05) is 31.6 Å². The number of benzene rings is 1. The molecule has 3 heteroatoms. The smallest absolute Gasteiger partial charge is 0.0233 e. The highest BCUT2D eigenvalue weighted by Crippen LogP contribution is 2.34. The van der Waals surface area contributed by atoms with Crippen LogP contribution in [0.25, 0.3) is 0 Å². The lowest BCUT2D eigenvalue weighted by Gasteiger charge is -2.19. The summed E-state index contributed by atoms with van der Waals surface area (Å²) in [7, 11) is 2.11. The van der Waals surface area contributed by atoms with Crippen LogP contribution in [-0.2, 0) is 6.54 Å². The quantitative estimate of drug-likeness (QED) is 0.863. The Morgan fingerprint density at radius 3 is 2.57 bits per heavy atom. The molecule has 3 atom stereocenters. The Labute approximate surface area is 134 Å². The predicted octanol–water partition coefficient (Wildman–Crippen LogP) is 3.26. The summed E-state index contributed by atoms with van der Waals surface area (Å²) in [5, 5.41) is 3.48. The Morgan fingerprint density at radius 2 is 1.86 bits per heavy atom. The Balaban J connectivity index is 0.000000774. The molecule has 1 aromatic rings. The molecule has 21 heavy (non-hydrogen) atoms. The summed E-state index contributed by atoms with van der Waals surface area (Å²) in [6.07, 6.45) is 1.36. The Kier molecular flexibility index (Phi) is 6.81. The van der Waals surface area contributed by atoms with Crippen LogP contribution in [0.4, 0.5) is 0 Å². The molecule has 0 radical (unpaired) electrons. The van der Waals surface area contributed by atoms with E-state index in [1.165, 1.54) is 36.6 Å². The molecule has 1 N–H and O–H groups in total. The molecule has 0 aromatic heterocycles. The average Bonchev–Trinajstić information content (AvgIpc) is 2.80. The van der Waals surface area contributed by atoms with Crippen LogP contribution in [0.15, 0.2) is 43.5 Å². The monoisotopic (exact) mass is 304 g/mol. The minimum atomic E-state index is 0.719. The van der Waals surface area contributed by atoms with Crippen molar-refractivity contribution in [3.63, 3.8) is 0 Å². The number of thioether (sulfide) groups is 1. The molecule has 0 aliphatic carbocycles. The fourth-order valence-electron chi connectivity index (χ4n) is 3.46. The molecule has 0 spiro atoms. The van der Waals surface area contributed by atoms with E-state index in [9.17, 15) is 0 Å². The Morgan fingerprint density at radius 1 is 1.14 bits per heavy atom. The van der Waals surface area contributed by atoms with Gasteiger partial charge >= 0.3 is 0 Å². The van der Waals surface area contributed by atoms with E-state index < -0.39 is 0 Å². The maximum absolute atomic E-state index is 3.48. The molecule has 2 aliphatic rings. The van der Waals surface area contributed by atoms with E-state index in [1.54, 1.807) is 0 Å². The molecule has 2 heterocycles. The fraction of sp³-hybridized carbons (Fsp3) is 0.556. The zero-order chi connectivity index (χ0) is 15.1. The van der Waals surface area contributed by atoms with Gasteiger partial charge in [0, 0.05) is 31.4 Å². The molecule has 0 unspecified atom stereocenters. The van der Waals surface area contributed by atoms with Crippen molar-refractivity contribution >= 4 is 11.8 Å². The van der Waals surface area contributed by atoms with Crippen molar-refractivity contribution in [3.8, 4) is 0 Å². The molecule has 0 saturated carbocycles. The van der Waals surface area contributed by atoms with E-state index in [0.717, 1.165) is 24.4 Å². The fourth-order valence-corrected chi connectivity index (χ4v) is 4.86. The van der Waals surface area contributed by atoms with Gasteiger partial charge in [0.05, 0.1) is 0 Å². The van der Waals surface area contributed by atoms with Gasteiger partial charge < -0.3 is 5.32 Å². The third-order valence-electron chi connectivity index (χ3n) is 4.55. The van der Waals surface area contributed by atoms with Gasteiger partial charge in [-0.25, -0.2) is 0 Å². The van der Waals surface area contributed by atoms with Crippen molar-refractivity contribution < 1.29 is 0 Å². The average molecular weight is 305 g/mol. The van der Waals surface area contributed by atoms with Crippen LogP contribution in [0, 0.1) is 11.8 Å². The molecular formula is C18H28N2S. The van der Waals surface area contributed by atoms with Gasteiger partial charge in [0.25, 0.3) is 0 Å². The van der Waals surface area contributed by atoms with Crippen LogP contribution in [0.5, 0.6) is 0 Å². The van der Waals surface area contributed by atoms with Crippen molar-refractivity contribution in [3.05, 3.63) is 49.1 Å². The minimum absolute atomic E-state index is 0.719. The van der Waals surface area contributed by atoms with Crippen LogP contribution in [0.2, 0.25) is 0 Å². The molecule has 2 saturated heterocycles. The summed E-state index contributed by atoms with van der Waals surface area (Å²) in [6.45, 7) is 9.71. The van der Waals surface area contributed by atoms with E-state index in [-0.39, 0.29) is 0 Å². The molecule has 2 nitrogen and oxygen atoms in total. The van der Waals surface area contributed by atoms with Crippen LogP contribution >= 0.6 is 11.8 Å². The highest BCUT2D eigenvalue weighted by molar-refractivity contribution is 7.99. The summed E-state index contributed by atoms with van der Waals surface area (Å²) < 4.78 is 0. The maximum atomic E-state index is 3.48. The third-order valence-corrected chi connectivity index (χ3v) is 5.85. The predicted molar refractivity (Wildman–Crippen MR) is 94.7 cm³/mol. The number of rotatable bonds is 3. The van der Waals surface area contributed by atoms with Gasteiger partial charge in [0.15, 0.2) is 0 Å². The zero-order valence-electron chi connectivity index (χ0n) is 13.1. The van der Waals surface area contributed by atoms with Gasteiger partial charge in [-0.3, -0.25) is 4.90 Å². The normalized spacial score (nSPS) is 29.1. The van der Waals surface area contributed by atoms with Gasteiger partial charge in [-0.2, -0.15) is 11.8 Å². The number of fused-ring (bicyclic) bond motifs is 1. The highest BCUT2D eigenvalue weighted by Gasteiger charge is 2.35. The van der Waals surface area contributed by atoms with Crippen LogP contribution in [0.3, 0.4) is 0 Å². The second-order valence-corrected chi connectivity index (χ2v) is 7.03. The molecule has 2 fully saturated rings. The maximum Gasteiger partial charge on any atom is 0.0233 e. The van der Waals surface area contributed by atoms with Crippen LogP contribution in [-0.4, -0.2) is 42.6 Å². The van der Waals surface area contributed by atoms with Gasteiger partial charge in [-0.1, -0.05) is 30.3 Å². The summed E-state index contributed by atoms with van der Waals surface area (Å²) in [5.41, 5.74) is 1.46. The highest BCUT2D eigenvalue weighted by atomic mass is 32.2. The van der Waals surface area contributed by atoms with E-state index in [1.807, 2.05) is 0 Å². The number of likely N-dealkylation sites (tertiary alicyclic amines) is 1. The first kappa shape index (κ1) is 16.6. The molecule has 0 amide bonds. The van der Waals surface area contributed by atoms with Crippen molar-refractivity contribution in [1.29, 1.82) is 0 Å². The second kappa shape index (κ2) is 8.62. The summed E-state index contributed by atoms with van der Waals surface area (Å²) in [4.78, 5) is 2.66. The number of nitrogens with one attached hydrogen (secondary N) is 1. The van der Waals surface area contributed by atoms with Gasteiger partial charge in [-0.15, -0.1) is 13.2 Å². The third kappa shape index (κ3) is 4.60. The first-order valence-electron chi connectivity index (χ1n) is 7.86. The molecule has 1 aromatic carbocycles. The Hall–Kier alpha value is -0.770. The van der Waals surface area contributed by atoms with E-state index in [4.69, 9.17) is 0 Å². The lowest BCUT2D eigenvalue weighted by Crippen LogP contribution is -2.30. The molecular weight excluding hydrogens is 276 g/mol. The number of nitrogens with zero attached hydrogens (tertiary/aromatic N) is 1. The van der Waals surface area contributed by atoms with Crippen molar-refractivity contribution in [1.82, 2.24) is 10.2 Å². The summed E-state index contributed by atoms with van der Waals surface area (Å²) >= 11 is 2.14. The van der Waals surface area contributed by atoms with Crippen molar-refractivity contribution in [2.45, 2.75) is 19.0 Å². The Bertz CT molecular complexity index is 409. The van der Waals surface area contributed by atoms with Crippen LogP contribution in [0.1, 0.15) is 12.0 Å². The van der Waals surface area contributed by atoms with E-state index in [2.05, 4.69) is 72.5 Å². The SMILES string of the molecule is C=C.CN[C@H]1CSC[C@H]2CN(Cc3ccccc3)C[C@@H]2C1. The number of hydrogen-bond acceptors (Lipinski definition) is 3. The summed E-state index contributed by atoms with van der Waals surface area (Å²) in [6, 6.07) is 11.6. The topological polar surface area (TPSA) is 15.3 Å².